The van der Waals surface area contributed by atoms with Crippen LogP contribution in [0.2, 0.25) is 0 Å². The topological polar surface area (TPSA) is 88.0 Å². The van der Waals surface area contributed by atoms with Crippen LogP contribution in [0.15, 0.2) is 53.7 Å². The average molecular weight is 403 g/mol. The fourth-order valence-electron chi connectivity index (χ4n) is 3.71. The van der Waals surface area contributed by atoms with Gasteiger partial charge >= 0.3 is 0 Å². The van der Waals surface area contributed by atoms with Gasteiger partial charge in [0.1, 0.15) is 6.04 Å². The van der Waals surface area contributed by atoms with Gasteiger partial charge in [0.2, 0.25) is 5.95 Å². The second-order valence-electron chi connectivity index (χ2n) is 7.77. The Kier molecular flexibility index (Phi) is 4.99. The molecule has 4 rings (SSSR count). The molecule has 1 aliphatic heterocycles. The number of hydrogen-bond acceptors (Lipinski definition) is 6. The predicted molar refractivity (Wildman–Crippen MR) is 118 cm³/mol. The smallest absolute Gasteiger partial charge is 0.255 e. The molecule has 0 bridgehead atoms. The van der Waals surface area contributed by atoms with Gasteiger partial charge in [-0.1, -0.05) is 34.9 Å². The zero-order valence-electron chi connectivity index (χ0n) is 17.8. The fourth-order valence-corrected chi connectivity index (χ4v) is 3.71. The van der Waals surface area contributed by atoms with Gasteiger partial charge in [0.25, 0.3) is 5.91 Å². The van der Waals surface area contributed by atoms with Crippen LogP contribution < -0.4 is 15.5 Å². The molecule has 1 aliphatic rings. The number of tetrazole rings is 1. The van der Waals surface area contributed by atoms with E-state index in [9.17, 15) is 4.79 Å². The Morgan fingerprint density at radius 1 is 1.10 bits per heavy atom. The van der Waals surface area contributed by atoms with Crippen molar-refractivity contribution in [1.82, 2.24) is 20.2 Å². The lowest BCUT2D eigenvalue weighted by molar-refractivity contribution is -0.113. The summed E-state index contributed by atoms with van der Waals surface area (Å²) in [5.74, 6) is 0.326. The van der Waals surface area contributed by atoms with Crippen LogP contribution in [0.1, 0.15) is 29.7 Å². The van der Waals surface area contributed by atoms with Crippen LogP contribution in [-0.4, -0.2) is 40.2 Å². The number of anilines is 3. The maximum atomic E-state index is 13.4. The number of aryl methyl sites for hydroxylation is 2. The number of nitrogens with zero attached hydrogens (tertiary/aromatic N) is 5. The summed E-state index contributed by atoms with van der Waals surface area (Å²) >= 11 is 0. The molecule has 2 aromatic carbocycles. The number of nitrogens with one attached hydrogen (secondary N) is 2. The lowest BCUT2D eigenvalue weighted by Gasteiger charge is -2.28. The van der Waals surface area contributed by atoms with Gasteiger partial charge in [0.15, 0.2) is 0 Å². The highest BCUT2D eigenvalue weighted by Crippen LogP contribution is 2.35. The molecule has 0 saturated heterocycles. The normalized spacial score (nSPS) is 15.4. The van der Waals surface area contributed by atoms with Crippen LogP contribution >= 0.6 is 0 Å². The second kappa shape index (κ2) is 7.62. The second-order valence-corrected chi connectivity index (χ2v) is 7.77. The molecule has 2 N–H and O–H groups in total. The van der Waals surface area contributed by atoms with Crippen molar-refractivity contribution in [2.75, 3.05) is 29.6 Å². The first-order valence-electron chi connectivity index (χ1n) is 9.76. The number of carbonyl (C=O) groups excluding carboxylic acids is 1. The lowest BCUT2D eigenvalue weighted by Crippen LogP contribution is -2.31. The van der Waals surface area contributed by atoms with Gasteiger partial charge in [-0.25, -0.2) is 0 Å². The third-order valence-corrected chi connectivity index (χ3v) is 5.31. The van der Waals surface area contributed by atoms with Gasteiger partial charge in [-0.05, 0) is 60.5 Å². The highest BCUT2D eigenvalue weighted by molar-refractivity contribution is 6.06. The molecule has 1 atom stereocenters. The summed E-state index contributed by atoms with van der Waals surface area (Å²) in [7, 11) is 3.98. The largest absolute Gasteiger partial charge is 0.378 e. The van der Waals surface area contributed by atoms with E-state index in [2.05, 4.69) is 26.2 Å². The molecule has 0 fully saturated rings. The molecule has 154 valence electrons. The van der Waals surface area contributed by atoms with Gasteiger partial charge in [0, 0.05) is 31.2 Å². The summed E-state index contributed by atoms with van der Waals surface area (Å²) in [6.45, 7) is 5.89. The first-order chi connectivity index (χ1) is 14.3. The summed E-state index contributed by atoms with van der Waals surface area (Å²) in [6, 6.07) is 13.6. The summed E-state index contributed by atoms with van der Waals surface area (Å²) < 4.78 is 1.65. The summed E-state index contributed by atoms with van der Waals surface area (Å²) in [5, 5.41) is 18.2. The molecule has 0 unspecified atom stereocenters. The molecule has 1 amide bonds. The van der Waals surface area contributed by atoms with Crippen LogP contribution in [0, 0.1) is 13.8 Å². The maximum absolute atomic E-state index is 13.4. The van der Waals surface area contributed by atoms with Crippen LogP contribution in [-0.2, 0) is 4.79 Å². The third-order valence-electron chi connectivity index (χ3n) is 5.31. The van der Waals surface area contributed by atoms with E-state index in [4.69, 9.17) is 0 Å². The number of amides is 1. The zero-order valence-corrected chi connectivity index (χ0v) is 17.8. The molecule has 0 saturated carbocycles. The standard InChI is InChI=1S/C22H25N7O/c1-13-6-11-18(14(2)12-13)24-21(30)19-15(3)23-22-25-26-27-29(22)20(19)16-7-9-17(10-8-16)28(4)5/h6-12,20H,1-5H3,(H,24,30)(H,23,25,27)/t20-/m1/s1. The Morgan fingerprint density at radius 2 is 1.83 bits per heavy atom. The molecule has 0 spiro atoms. The van der Waals surface area contributed by atoms with Crippen molar-refractivity contribution in [3.05, 3.63) is 70.4 Å². The van der Waals surface area contributed by atoms with Crippen molar-refractivity contribution in [3.63, 3.8) is 0 Å². The molecule has 30 heavy (non-hydrogen) atoms. The van der Waals surface area contributed by atoms with Gasteiger partial charge in [-0.3, -0.25) is 4.79 Å². The molecule has 0 radical (unpaired) electrons. The Hall–Kier alpha value is -3.68. The lowest BCUT2D eigenvalue weighted by atomic mass is 9.94. The zero-order chi connectivity index (χ0) is 21.4. The molecular formula is C22H25N7O. The van der Waals surface area contributed by atoms with Crippen molar-refractivity contribution in [3.8, 4) is 0 Å². The third kappa shape index (κ3) is 3.52. The SMILES string of the molecule is CC1=C(C(=O)Nc2ccc(C)cc2C)[C@@H](c2ccc(N(C)C)cc2)n2nnnc2N1. The van der Waals surface area contributed by atoms with Gasteiger partial charge in [-0.15, -0.1) is 0 Å². The van der Waals surface area contributed by atoms with Crippen LogP contribution in [0.3, 0.4) is 0 Å². The van der Waals surface area contributed by atoms with E-state index in [0.717, 1.165) is 33.8 Å². The molecule has 8 nitrogen and oxygen atoms in total. The summed E-state index contributed by atoms with van der Waals surface area (Å²) in [4.78, 5) is 15.4. The van der Waals surface area contributed by atoms with E-state index in [1.54, 1.807) is 4.68 Å². The van der Waals surface area contributed by atoms with Gasteiger partial charge in [-0.2, -0.15) is 4.68 Å². The van der Waals surface area contributed by atoms with Crippen molar-refractivity contribution in [2.24, 2.45) is 0 Å². The number of allylic oxidation sites excluding steroid dienone is 1. The van der Waals surface area contributed by atoms with Gasteiger partial charge in [0.05, 0.1) is 5.57 Å². The Bertz CT molecular complexity index is 1130. The molecule has 1 aromatic heterocycles. The number of aromatic nitrogens is 4. The summed E-state index contributed by atoms with van der Waals surface area (Å²) in [5.41, 5.74) is 6.26. The molecular weight excluding hydrogens is 378 g/mol. The van der Waals surface area contributed by atoms with E-state index in [0.29, 0.717) is 11.5 Å². The van der Waals surface area contributed by atoms with Crippen molar-refractivity contribution in [1.29, 1.82) is 0 Å². The quantitative estimate of drug-likeness (QED) is 0.695. The minimum atomic E-state index is -0.432. The monoisotopic (exact) mass is 403 g/mol. The molecule has 2 heterocycles. The van der Waals surface area contributed by atoms with E-state index >= 15 is 0 Å². The van der Waals surface area contributed by atoms with E-state index in [1.165, 1.54) is 0 Å². The average Bonchev–Trinajstić information content (AvgIpc) is 3.17. The minimum absolute atomic E-state index is 0.185. The van der Waals surface area contributed by atoms with E-state index in [1.807, 2.05) is 82.2 Å². The fraction of sp³-hybridized carbons (Fsp3) is 0.273. The Labute approximate surface area is 175 Å². The number of rotatable bonds is 4. The van der Waals surface area contributed by atoms with E-state index < -0.39 is 6.04 Å². The van der Waals surface area contributed by atoms with Crippen LogP contribution in [0.25, 0.3) is 0 Å². The number of hydrogen-bond donors (Lipinski definition) is 2. The minimum Gasteiger partial charge on any atom is -0.378 e. The van der Waals surface area contributed by atoms with Crippen LogP contribution in [0.5, 0.6) is 0 Å². The van der Waals surface area contributed by atoms with E-state index in [-0.39, 0.29) is 5.91 Å². The first kappa shape index (κ1) is 19.6. The Balaban J connectivity index is 1.74. The van der Waals surface area contributed by atoms with Crippen LogP contribution in [0.4, 0.5) is 17.3 Å². The Morgan fingerprint density at radius 3 is 2.50 bits per heavy atom. The van der Waals surface area contributed by atoms with Gasteiger partial charge < -0.3 is 15.5 Å². The van der Waals surface area contributed by atoms with Crippen molar-refractivity contribution < 1.29 is 4.79 Å². The number of carbonyl (C=O) groups is 1. The van der Waals surface area contributed by atoms with Crippen molar-refractivity contribution in [2.45, 2.75) is 26.8 Å². The molecule has 8 heteroatoms. The maximum Gasteiger partial charge on any atom is 0.255 e. The predicted octanol–water partition coefficient (Wildman–Crippen LogP) is 3.28. The highest BCUT2D eigenvalue weighted by atomic mass is 16.1. The van der Waals surface area contributed by atoms with Crippen molar-refractivity contribution >= 4 is 23.2 Å². The number of benzene rings is 2. The molecule has 3 aromatic rings. The molecule has 0 aliphatic carbocycles. The summed E-state index contributed by atoms with van der Waals surface area (Å²) in [6.07, 6.45) is 0. The first-order valence-corrected chi connectivity index (χ1v) is 9.76. The number of fused-ring (bicyclic) bond motifs is 1. The highest BCUT2D eigenvalue weighted by Gasteiger charge is 2.34.